The Morgan fingerprint density at radius 1 is 1.00 bits per heavy atom. The van der Waals surface area contributed by atoms with E-state index in [0.717, 1.165) is 17.8 Å². The van der Waals surface area contributed by atoms with E-state index in [1.54, 1.807) is 6.20 Å². The van der Waals surface area contributed by atoms with Crippen LogP contribution in [0.5, 0.6) is 0 Å². The monoisotopic (exact) mass is 325 g/mol. The maximum atomic E-state index is 5.97. The van der Waals surface area contributed by atoms with Crippen LogP contribution in [0.1, 0.15) is 12.5 Å². The van der Waals surface area contributed by atoms with E-state index in [-0.39, 0.29) is 0 Å². The molecule has 0 saturated carbocycles. The Balaban J connectivity index is 1.74. The van der Waals surface area contributed by atoms with Gasteiger partial charge in [0.05, 0.1) is 6.20 Å². The smallest absolute Gasteiger partial charge is 0.249 e. The first-order valence-corrected chi connectivity index (χ1v) is 7.69. The van der Waals surface area contributed by atoms with E-state index < -0.39 is 0 Å². The molecule has 0 atom stereocenters. The molecule has 0 spiro atoms. The lowest BCUT2D eigenvalue weighted by molar-refractivity contribution is 0.982. The molecule has 1 aromatic heterocycles. The van der Waals surface area contributed by atoms with Gasteiger partial charge in [-0.1, -0.05) is 36.7 Å². The van der Waals surface area contributed by atoms with Crippen LogP contribution in [0.3, 0.4) is 0 Å². The van der Waals surface area contributed by atoms with Gasteiger partial charge in [-0.2, -0.15) is 10.1 Å². The van der Waals surface area contributed by atoms with Gasteiger partial charge in [-0.25, -0.2) is 0 Å². The van der Waals surface area contributed by atoms with Crippen molar-refractivity contribution in [2.75, 3.05) is 10.6 Å². The first-order valence-electron chi connectivity index (χ1n) is 7.31. The third kappa shape index (κ3) is 4.17. The third-order valence-electron chi connectivity index (χ3n) is 3.27. The second-order valence-corrected chi connectivity index (χ2v) is 5.41. The average Bonchev–Trinajstić information content (AvgIpc) is 2.56. The summed E-state index contributed by atoms with van der Waals surface area (Å²) >= 11 is 5.97. The van der Waals surface area contributed by atoms with Gasteiger partial charge in [-0.15, -0.1) is 5.10 Å². The zero-order valence-corrected chi connectivity index (χ0v) is 13.4. The van der Waals surface area contributed by atoms with Crippen LogP contribution in [0.4, 0.5) is 23.1 Å². The van der Waals surface area contributed by atoms with Gasteiger partial charge in [0, 0.05) is 16.4 Å². The van der Waals surface area contributed by atoms with E-state index in [4.69, 9.17) is 11.6 Å². The van der Waals surface area contributed by atoms with Crippen molar-refractivity contribution in [1.82, 2.24) is 15.2 Å². The first kappa shape index (κ1) is 15.2. The molecule has 116 valence electrons. The van der Waals surface area contributed by atoms with Gasteiger partial charge >= 0.3 is 0 Å². The zero-order chi connectivity index (χ0) is 16.1. The molecule has 3 rings (SSSR count). The van der Waals surface area contributed by atoms with Crippen molar-refractivity contribution in [3.05, 3.63) is 65.3 Å². The topological polar surface area (TPSA) is 62.7 Å². The van der Waals surface area contributed by atoms with Gasteiger partial charge in [-0.05, 0) is 42.3 Å². The molecule has 0 bridgehead atoms. The number of benzene rings is 2. The summed E-state index contributed by atoms with van der Waals surface area (Å²) in [6.45, 7) is 2.13. The highest BCUT2D eigenvalue weighted by atomic mass is 35.5. The van der Waals surface area contributed by atoms with Gasteiger partial charge in [0.2, 0.25) is 5.95 Å². The quantitative estimate of drug-likeness (QED) is 0.719. The van der Waals surface area contributed by atoms with Crippen LogP contribution >= 0.6 is 11.6 Å². The summed E-state index contributed by atoms with van der Waals surface area (Å²) in [5.41, 5.74) is 3.05. The van der Waals surface area contributed by atoms with Crippen LogP contribution in [0.2, 0.25) is 5.02 Å². The number of halogens is 1. The minimum absolute atomic E-state index is 0.432. The molecule has 0 aliphatic rings. The highest BCUT2D eigenvalue weighted by Gasteiger charge is 2.02. The van der Waals surface area contributed by atoms with Crippen LogP contribution in [0.25, 0.3) is 0 Å². The van der Waals surface area contributed by atoms with Crippen molar-refractivity contribution >= 4 is 34.7 Å². The van der Waals surface area contributed by atoms with Crippen LogP contribution in [-0.4, -0.2) is 15.2 Å². The number of hydrogen-bond donors (Lipinski definition) is 2. The Labute approximate surface area is 139 Å². The number of hydrogen-bond acceptors (Lipinski definition) is 5. The number of rotatable bonds is 5. The molecular weight excluding hydrogens is 310 g/mol. The van der Waals surface area contributed by atoms with E-state index in [0.29, 0.717) is 16.8 Å². The first-order chi connectivity index (χ1) is 11.2. The van der Waals surface area contributed by atoms with Gasteiger partial charge in [0.15, 0.2) is 5.82 Å². The average molecular weight is 326 g/mol. The molecule has 1 heterocycles. The zero-order valence-electron chi connectivity index (χ0n) is 12.6. The van der Waals surface area contributed by atoms with Crippen molar-refractivity contribution < 1.29 is 0 Å². The van der Waals surface area contributed by atoms with Crippen molar-refractivity contribution in [3.8, 4) is 0 Å². The van der Waals surface area contributed by atoms with Gasteiger partial charge in [0.1, 0.15) is 0 Å². The Kier molecular flexibility index (Phi) is 4.68. The van der Waals surface area contributed by atoms with Gasteiger partial charge in [0.25, 0.3) is 0 Å². The molecule has 0 unspecified atom stereocenters. The molecule has 0 aliphatic carbocycles. The lowest BCUT2D eigenvalue weighted by atomic mass is 10.1. The second kappa shape index (κ2) is 7.07. The Morgan fingerprint density at radius 3 is 2.57 bits per heavy atom. The number of nitrogens with zero attached hydrogens (tertiary/aromatic N) is 3. The molecule has 0 saturated heterocycles. The number of anilines is 4. The Bertz CT molecular complexity index is 789. The van der Waals surface area contributed by atoms with E-state index in [1.807, 2.05) is 36.4 Å². The minimum atomic E-state index is 0.432. The van der Waals surface area contributed by atoms with Crippen LogP contribution in [0.15, 0.2) is 54.7 Å². The fourth-order valence-electron chi connectivity index (χ4n) is 2.08. The predicted octanol–water partition coefficient (Wildman–Crippen LogP) is 4.57. The predicted molar refractivity (Wildman–Crippen MR) is 93.7 cm³/mol. The normalized spacial score (nSPS) is 10.3. The summed E-state index contributed by atoms with van der Waals surface area (Å²) in [5.74, 6) is 1.02. The molecule has 0 radical (unpaired) electrons. The van der Waals surface area contributed by atoms with E-state index >= 15 is 0 Å². The molecule has 2 aromatic carbocycles. The Hall–Kier alpha value is -2.66. The fourth-order valence-corrected chi connectivity index (χ4v) is 2.27. The number of aromatic nitrogens is 3. The molecule has 23 heavy (non-hydrogen) atoms. The summed E-state index contributed by atoms with van der Waals surface area (Å²) in [6.07, 6.45) is 2.57. The van der Waals surface area contributed by atoms with E-state index in [1.165, 1.54) is 5.56 Å². The summed E-state index contributed by atoms with van der Waals surface area (Å²) in [6, 6.07) is 15.6. The lowest BCUT2D eigenvalue weighted by Crippen LogP contribution is -2.02. The SMILES string of the molecule is CCc1ccc(Nc2nncc(Nc3cccc(Cl)c3)n2)cc1. The lowest BCUT2D eigenvalue weighted by Gasteiger charge is -2.08. The van der Waals surface area contributed by atoms with E-state index in [2.05, 4.69) is 44.9 Å². The minimum Gasteiger partial charge on any atom is -0.339 e. The van der Waals surface area contributed by atoms with Crippen LogP contribution in [-0.2, 0) is 6.42 Å². The van der Waals surface area contributed by atoms with Crippen molar-refractivity contribution in [2.45, 2.75) is 13.3 Å². The second-order valence-electron chi connectivity index (χ2n) is 4.98. The highest BCUT2D eigenvalue weighted by Crippen LogP contribution is 2.20. The molecule has 0 fully saturated rings. The standard InChI is InChI=1S/C17H16ClN5/c1-2-12-6-8-14(9-7-12)21-17-22-16(11-19-23-17)20-15-5-3-4-13(18)10-15/h3-11H,2H2,1H3,(H2,20,21,22,23). The van der Waals surface area contributed by atoms with Crippen LogP contribution < -0.4 is 10.6 Å². The fraction of sp³-hybridized carbons (Fsp3) is 0.118. The molecule has 5 nitrogen and oxygen atoms in total. The Morgan fingerprint density at radius 2 is 1.83 bits per heavy atom. The molecule has 0 amide bonds. The molecular formula is C17H16ClN5. The highest BCUT2D eigenvalue weighted by molar-refractivity contribution is 6.30. The third-order valence-corrected chi connectivity index (χ3v) is 3.51. The summed E-state index contributed by atoms with van der Waals surface area (Å²) < 4.78 is 0. The molecule has 2 N–H and O–H groups in total. The van der Waals surface area contributed by atoms with Crippen molar-refractivity contribution in [3.63, 3.8) is 0 Å². The number of aryl methyl sites for hydroxylation is 1. The maximum Gasteiger partial charge on any atom is 0.249 e. The van der Waals surface area contributed by atoms with Crippen molar-refractivity contribution in [1.29, 1.82) is 0 Å². The van der Waals surface area contributed by atoms with E-state index in [9.17, 15) is 0 Å². The maximum absolute atomic E-state index is 5.97. The largest absolute Gasteiger partial charge is 0.339 e. The van der Waals surface area contributed by atoms with Gasteiger partial charge < -0.3 is 10.6 Å². The van der Waals surface area contributed by atoms with Crippen LogP contribution in [0, 0.1) is 0 Å². The molecule has 3 aromatic rings. The summed E-state index contributed by atoms with van der Waals surface area (Å²) in [7, 11) is 0. The number of nitrogens with one attached hydrogen (secondary N) is 2. The molecule has 6 heteroatoms. The summed E-state index contributed by atoms with van der Waals surface area (Å²) in [4.78, 5) is 4.40. The van der Waals surface area contributed by atoms with Crippen molar-refractivity contribution in [2.24, 2.45) is 0 Å². The molecule has 0 aliphatic heterocycles. The summed E-state index contributed by atoms with van der Waals surface area (Å²) in [5, 5.41) is 14.9. The van der Waals surface area contributed by atoms with Gasteiger partial charge in [-0.3, -0.25) is 0 Å².